The summed E-state index contributed by atoms with van der Waals surface area (Å²) in [4.78, 5) is 26.1. The number of morpholine rings is 1. The first-order valence-corrected chi connectivity index (χ1v) is 11.5. The Morgan fingerprint density at radius 3 is 2.47 bits per heavy atom. The van der Waals surface area contributed by atoms with Gasteiger partial charge in [-0.25, -0.2) is 13.2 Å². The van der Waals surface area contributed by atoms with Gasteiger partial charge in [-0.05, 0) is 55.5 Å². The van der Waals surface area contributed by atoms with Gasteiger partial charge >= 0.3 is 5.97 Å². The average molecular weight is 497 g/mol. The van der Waals surface area contributed by atoms with Gasteiger partial charge in [0.15, 0.2) is 6.61 Å². The van der Waals surface area contributed by atoms with Crippen molar-refractivity contribution in [3.05, 3.63) is 58.6 Å². The van der Waals surface area contributed by atoms with E-state index in [-0.39, 0.29) is 29.1 Å². The maximum absolute atomic E-state index is 12.4. The van der Waals surface area contributed by atoms with E-state index in [1.54, 1.807) is 17.0 Å². The number of benzene rings is 2. The number of amides is 1. The highest BCUT2D eigenvalue weighted by molar-refractivity contribution is 9.10. The lowest BCUT2D eigenvalue weighted by molar-refractivity contribution is -0.141. The van der Waals surface area contributed by atoms with Crippen molar-refractivity contribution in [3.8, 4) is 0 Å². The van der Waals surface area contributed by atoms with Gasteiger partial charge in [0.1, 0.15) is 0 Å². The minimum absolute atomic E-state index is 0.0489. The standard InChI is InChI=1S/C20H21BrN2O6S/c1-14-12-23(10-11-28-14)19(24)13-29-20(25)15-2-6-17(7-3-15)22-30(26,27)18-8-4-16(21)5-9-18/h2-9,14,22H,10-13H2,1H3. The molecule has 1 unspecified atom stereocenters. The lowest BCUT2D eigenvalue weighted by Gasteiger charge is -2.30. The van der Waals surface area contributed by atoms with Crippen LogP contribution in [0.1, 0.15) is 17.3 Å². The summed E-state index contributed by atoms with van der Waals surface area (Å²) in [7, 11) is -3.75. The molecule has 10 heteroatoms. The van der Waals surface area contributed by atoms with Crippen LogP contribution in [0.3, 0.4) is 0 Å². The van der Waals surface area contributed by atoms with Crippen molar-refractivity contribution in [3.63, 3.8) is 0 Å². The molecule has 1 aliphatic rings. The molecule has 2 aromatic rings. The van der Waals surface area contributed by atoms with Crippen molar-refractivity contribution in [1.82, 2.24) is 4.90 Å². The van der Waals surface area contributed by atoms with Crippen molar-refractivity contribution in [2.75, 3.05) is 31.0 Å². The molecule has 0 bridgehead atoms. The maximum atomic E-state index is 12.4. The van der Waals surface area contributed by atoms with Crippen molar-refractivity contribution < 1.29 is 27.5 Å². The summed E-state index contributed by atoms with van der Waals surface area (Å²) in [5, 5.41) is 0. The van der Waals surface area contributed by atoms with Crippen LogP contribution in [0.2, 0.25) is 0 Å². The Kier molecular flexibility index (Phi) is 7.11. The molecule has 0 saturated carbocycles. The first-order chi connectivity index (χ1) is 14.2. The zero-order valence-corrected chi connectivity index (χ0v) is 18.6. The summed E-state index contributed by atoms with van der Waals surface area (Å²) in [6.45, 7) is 2.90. The average Bonchev–Trinajstić information content (AvgIpc) is 2.72. The second kappa shape index (κ2) is 9.59. The summed E-state index contributed by atoms with van der Waals surface area (Å²) < 4.78 is 38.5. The Labute approximate surface area is 183 Å². The normalized spacial score (nSPS) is 16.7. The Morgan fingerprint density at radius 2 is 1.83 bits per heavy atom. The second-order valence-corrected chi connectivity index (χ2v) is 9.33. The fraction of sp³-hybridized carbons (Fsp3) is 0.300. The van der Waals surface area contributed by atoms with Gasteiger partial charge in [-0.3, -0.25) is 9.52 Å². The third-order valence-electron chi connectivity index (χ3n) is 4.42. The number of carbonyl (C=O) groups is 2. The number of sulfonamides is 1. The van der Waals surface area contributed by atoms with E-state index in [0.717, 1.165) is 4.47 Å². The van der Waals surface area contributed by atoms with Gasteiger partial charge < -0.3 is 14.4 Å². The quantitative estimate of drug-likeness (QED) is 0.616. The number of carbonyl (C=O) groups excluding carboxylic acids is 2. The molecular formula is C20H21BrN2O6S. The number of hydrogen-bond donors (Lipinski definition) is 1. The van der Waals surface area contributed by atoms with Gasteiger partial charge in [-0.15, -0.1) is 0 Å². The van der Waals surface area contributed by atoms with E-state index in [0.29, 0.717) is 25.4 Å². The molecule has 1 saturated heterocycles. The van der Waals surface area contributed by atoms with Gasteiger partial charge in [0.2, 0.25) is 0 Å². The molecule has 8 nitrogen and oxygen atoms in total. The Morgan fingerprint density at radius 1 is 1.17 bits per heavy atom. The first kappa shape index (κ1) is 22.3. The van der Waals surface area contributed by atoms with Crippen LogP contribution >= 0.6 is 15.9 Å². The molecule has 1 atom stereocenters. The molecule has 0 radical (unpaired) electrons. The third kappa shape index (κ3) is 5.80. The molecular weight excluding hydrogens is 476 g/mol. The SMILES string of the molecule is CC1CN(C(=O)COC(=O)c2ccc(NS(=O)(=O)c3ccc(Br)cc3)cc2)CCO1. The van der Waals surface area contributed by atoms with E-state index in [4.69, 9.17) is 9.47 Å². The molecule has 0 aliphatic carbocycles. The van der Waals surface area contributed by atoms with E-state index in [2.05, 4.69) is 20.7 Å². The van der Waals surface area contributed by atoms with Gasteiger partial charge in [0.25, 0.3) is 15.9 Å². The van der Waals surface area contributed by atoms with Crippen LogP contribution in [0.15, 0.2) is 57.9 Å². The highest BCUT2D eigenvalue weighted by Gasteiger charge is 2.22. The van der Waals surface area contributed by atoms with E-state index in [9.17, 15) is 18.0 Å². The minimum Gasteiger partial charge on any atom is -0.452 e. The molecule has 1 aliphatic heterocycles. The highest BCUT2D eigenvalue weighted by atomic mass is 79.9. The second-order valence-electron chi connectivity index (χ2n) is 6.73. The van der Waals surface area contributed by atoms with Crippen LogP contribution in [-0.4, -0.2) is 57.6 Å². The summed E-state index contributed by atoms with van der Waals surface area (Å²) in [6.07, 6.45) is -0.0489. The maximum Gasteiger partial charge on any atom is 0.338 e. The fourth-order valence-electron chi connectivity index (χ4n) is 2.85. The summed E-state index contributed by atoms with van der Waals surface area (Å²) in [5.41, 5.74) is 0.512. The molecule has 1 heterocycles. The lowest BCUT2D eigenvalue weighted by atomic mass is 10.2. The molecule has 0 spiro atoms. The van der Waals surface area contributed by atoms with Gasteiger partial charge in [-0.2, -0.15) is 0 Å². The lowest BCUT2D eigenvalue weighted by Crippen LogP contribution is -2.46. The fourth-order valence-corrected chi connectivity index (χ4v) is 4.17. The van der Waals surface area contributed by atoms with Crippen LogP contribution in [0.25, 0.3) is 0 Å². The summed E-state index contributed by atoms with van der Waals surface area (Å²) >= 11 is 3.26. The van der Waals surface area contributed by atoms with Crippen LogP contribution in [0.4, 0.5) is 5.69 Å². The highest BCUT2D eigenvalue weighted by Crippen LogP contribution is 2.19. The van der Waals surface area contributed by atoms with Crippen LogP contribution in [-0.2, 0) is 24.3 Å². The zero-order chi connectivity index (χ0) is 21.7. The predicted octanol–water partition coefficient (Wildman–Crippen LogP) is 2.65. The Balaban J connectivity index is 1.56. The van der Waals surface area contributed by atoms with Crippen molar-refractivity contribution >= 4 is 43.5 Å². The molecule has 2 aromatic carbocycles. The third-order valence-corrected chi connectivity index (χ3v) is 6.34. The van der Waals surface area contributed by atoms with E-state index >= 15 is 0 Å². The van der Waals surface area contributed by atoms with Crippen LogP contribution in [0, 0.1) is 0 Å². The number of rotatable bonds is 6. The summed E-state index contributed by atoms with van der Waals surface area (Å²) in [5.74, 6) is -0.940. The largest absolute Gasteiger partial charge is 0.452 e. The number of anilines is 1. The molecule has 3 rings (SSSR count). The van der Waals surface area contributed by atoms with E-state index < -0.39 is 16.0 Å². The Hall–Kier alpha value is -2.43. The number of halogens is 1. The van der Waals surface area contributed by atoms with Gasteiger partial charge in [0, 0.05) is 23.2 Å². The van der Waals surface area contributed by atoms with Gasteiger partial charge in [-0.1, -0.05) is 15.9 Å². The van der Waals surface area contributed by atoms with E-state index in [1.165, 1.54) is 36.4 Å². The summed E-state index contributed by atoms with van der Waals surface area (Å²) in [6, 6.07) is 12.0. The zero-order valence-electron chi connectivity index (χ0n) is 16.2. The van der Waals surface area contributed by atoms with Crippen molar-refractivity contribution in [2.24, 2.45) is 0 Å². The number of esters is 1. The molecule has 0 aromatic heterocycles. The predicted molar refractivity (Wildman–Crippen MR) is 114 cm³/mol. The number of hydrogen-bond acceptors (Lipinski definition) is 6. The van der Waals surface area contributed by atoms with Crippen molar-refractivity contribution in [1.29, 1.82) is 0 Å². The van der Waals surface area contributed by atoms with Gasteiger partial charge in [0.05, 0.1) is 23.2 Å². The molecule has 160 valence electrons. The van der Waals surface area contributed by atoms with Crippen LogP contribution < -0.4 is 4.72 Å². The smallest absolute Gasteiger partial charge is 0.338 e. The molecule has 1 fully saturated rings. The number of nitrogens with zero attached hydrogens (tertiary/aromatic N) is 1. The molecule has 30 heavy (non-hydrogen) atoms. The monoisotopic (exact) mass is 496 g/mol. The van der Waals surface area contributed by atoms with Crippen LogP contribution in [0.5, 0.6) is 0 Å². The Bertz CT molecular complexity index is 1010. The number of nitrogens with one attached hydrogen (secondary N) is 1. The topological polar surface area (TPSA) is 102 Å². The number of ether oxygens (including phenoxy) is 2. The van der Waals surface area contributed by atoms with E-state index in [1.807, 2.05) is 6.92 Å². The molecule has 1 N–H and O–H groups in total. The molecule has 1 amide bonds. The van der Waals surface area contributed by atoms with Crippen molar-refractivity contribution in [2.45, 2.75) is 17.9 Å². The first-order valence-electron chi connectivity index (χ1n) is 9.19. The minimum atomic E-state index is -3.75.